The van der Waals surface area contributed by atoms with Crippen molar-refractivity contribution >= 4 is 33.4 Å². The number of benzene rings is 2. The molecule has 0 aliphatic heterocycles. The molecule has 0 unspecified atom stereocenters. The Morgan fingerprint density at radius 2 is 1.89 bits per heavy atom. The number of halogens is 2. The summed E-state index contributed by atoms with van der Waals surface area (Å²) in [5.74, 6) is -1.68. The molecule has 7 heteroatoms. The molecule has 0 radical (unpaired) electrons. The lowest BCUT2D eigenvalue weighted by Crippen LogP contribution is -2.24. The maximum atomic E-state index is 14.1. The first-order valence-corrected chi connectivity index (χ1v) is 8.51. The number of para-hydroxylation sites is 1. The molecular formula is C21H15F2N3O2. The van der Waals surface area contributed by atoms with Gasteiger partial charge in [-0.05, 0) is 43.3 Å². The third-order valence-electron chi connectivity index (χ3n) is 4.54. The van der Waals surface area contributed by atoms with Gasteiger partial charge >= 0.3 is 0 Å². The largest absolute Gasteiger partial charge is 0.347 e. The number of fused-ring (bicyclic) bond motifs is 2. The highest BCUT2D eigenvalue weighted by molar-refractivity contribution is 6.09. The summed E-state index contributed by atoms with van der Waals surface area (Å²) in [5.41, 5.74) is 0.892. The molecule has 5 nitrogen and oxygen atoms in total. The van der Waals surface area contributed by atoms with Gasteiger partial charge in [0.2, 0.25) is 5.43 Å². The van der Waals surface area contributed by atoms with Crippen LogP contribution in [0.3, 0.4) is 0 Å². The summed E-state index contributed by atoms with van der Waals surface area (Å²) in [5, 5.41) is 3.19. The van der Waals surface area contributed by atoms with Crippen LogP contribution in [0.25, 0.3) is 21.8 Å². The molecule has 0 saturated heterocycles. The molecule has 0 aliphatic carbocycles. The van der Waals surface area contributed by atoms with Crippen LogP contribution in [0.1, 0.15) is 16.1 Å². The number of nitrogens with one attached hydrogen (secondary N) is 1. The first-order valence-electron chi connectivity index (χ1n) is 8.51. The fourth-order valence-electron chi connectivity index (χ4n) is 3.30. The summed E-state index contributed by atoms with van der Waals surface area (Å²) in [4.78, 5) is 29.9. The van der Waals surface area contributed by atoms with Gasteiger partial charge in [0, 0.05) is 29.7 Å². The van der Waals surface area contributed by atoms with Crippen molar-refractivity contribution in [2.45, 2.75) is 6.92 Å². The van der Waals surface area contributed by atoms with E-state index in [0.29, 0.717) is 22.3 Å². The zero-order valence-electron chi connectivity index (χ0n) is 15.1. The van der Waals surface area contributed by atoms with Gasteiger partial charge in [-0.25, -0.2) is 8.78 Å². The van der Waals surface area contributed by atoms with Gasteiger partial charge in [0.05, 0.1) is 16.7 Å². The first kappa shape index (κ1) is 17.8. The average Bonchev–Trinajstić information content (AvgIpc) is 2.65. The van der Waals surface area contributed by atoms with E-state index in [9.17, 15) is 18.4 Å². The quantitative estimate of drug-likeness (QED) is 0.574. The smallest absolute Gasteiger partial charge is 0.261 e. The molecule has 28 heavy (non-hydrogen) atoms. The number of anilines is 1. The first-order chi connectivity index (χ1) is 13.3. The fourth-order valence-corrected chi connectivity index (χ4v) is 3.30. The van der Waals surface area contributed by atoms with Crippen LogP contribution in [-0.4, -0.2) is 15.5 Å². The standard InChI is InChI=1S/C21H15F2N3O2/c1-11-8-18(14-9-12(22)6-7-17(14)24-11)25-21(28)15-10-26(2)19-13(20(15)27)4-3-5-16(19)23/h3-10H,1-2H3,(H,24,25,28). The predicted molar refractivity (Wildman–Crippen MR) is 104 cm³/mol. The van der Waals surface area contributed by atoms with Crippen LogP contribution in [0, 0.1) is 18.6 Å². The number of hydrogen-bond donors (Lipinski definition) is 1. The molecule has 0 fully saturated rings. The van der Waals surface area contributed by atoms with Crippen LogP contribution in [0.2, 0.25) is 0 Å². The number of hydrogen-bond acceptors (Lipinski definition) is 3. The Balaban J connectivity index is 1.84. The highest BCUT2D eigenvalue weighted by Gasteiger charge is 2.18. The molecule has 4 rings (SSSR count). The maximum Gasteiger partial charge on any atom is 0.261 e. The second-order valence-corrected chi connectivity index (χ2v) is 6.55. The fraction of sp³-hybridized carbons (Fsp3) is 0.0952. The van der Waals surface area contributed by atoms with Gasteiger partial charge in [-0.15, -0.1) is 0 Å². The van der Waals surface area contributed by atoms with Gasteiger partial charge in [-0.3, -0.25) is 14.6 Å². The lowest BCUT2D eigenvalue weighted by molar-refractivity contribution is 0.102. The van der Waals surface area contributed by atoms with Gasteiger partial charge < -0.3 is 9.88 Å². The summed E-state index contributed by atoms with van der Waals surface area (Å²) in [7, 11) is 1.56. The summed E-state index contributed by atoms with van der Waals surface area (Å²) in [6.45, 7) is 1.75. The van der Waals surface area contributed by atoms with E-state index in [0.717, 1.165) is 0 Å². The van der Waals surface area contributed by atoms with E-state index in [-0.39, 0.29) is 16.5 Å². The van der Waals surface area contributed by atoms with E-state index in [2.05, 4.69) is 10.3 Å². The van der Waals surface area contributed by atoms with Crippen LogP contribution in [0.5, 0.6) is 0 Å². The van der Waals surface area contributed by atoms with E-state index >= 15 is 0 Å². The van der Waals surface area contributed by atoms with E-state index < -0.39 is 23.0 Å². The third-order valence-corrected chi connectivity index (χ3v) is 4.54. The van der Waals surface area contributed by atoms with E-state index in [4.69, 9.17) is 0 Å². The molecule has 2 aromatic heterocycles. The lowest BCUT2D eigenvalue weighted by Gasteiger charge is -2.12. The summed E-state index contributed by atoms with van der Waals surface area (Å²) < 4.78 is 29.1. The summed E-state index contributed by atoms with van der Waals surface area (Å²) in [6.07, 6.45) is 1.29. The molecule has 0 spiro atoms. The normalized spacial score (nSPS) is 11.1. The molecule has 0 saturated carbocycles. The minimum atomic E-state index is -0.664. The van der Waals surface area contributed by atoms with Gasteiger partial charge in [0.1, 0.15) is 17.2 Å². The highest BCUT2D eigenvalue weighted by atomic mass is 19.1. The van der Waals surface area contributed by atoms with Crippen molar-refractivity contribution in [1.82, 2.24) is 9.55 Å². The Morgan fingerprint density at radius 3 is 2.68 bits per heavy atom. The van der Waals surface area contributed by atoms with Crippen molar-refractivity contribution in [1.29, 1.82) is 0 Å². The molecule has 0 bridgehead atoms. The molecule has 4 aromatic rings. The minimum absolute atomic E-state index is 0.108. The second kappa shape index (κ2) is 6.53. The number of carbonyl (C=O) groups excluding carboxylic acids is 1. The van der Waals surface area contributed by atoms with Gasteiger partial charge in [-0.1, -0.05) is 6.07 Å². The Bertz CT molecular complexity index is 1330. The highest BCUT2D eigenvalue weighted by Crippen LogP contribution is 2.25. The molecule has 0 atom stereocenters. The van der Waals surface area contributed by atoms with E-state index in [1.807, 2.05) is 0 Å². The van der Waals surface area contributed by atoms with Crippen molar-refractivity contribution in [2.75, 3.05) is 5.32 Å². The van der Waals surface area contributed by atoms with Crippen molar-refractivity contribution in [3.05, 3.63) is 81.8 Å². The van der Waals surface area contributed by atoms with E-state index in [1.54, 1.807) is 20.0 Å². The number of aryl methyl sites for hydroxylation is 2. The topological polar surface area (TPSA) is 64.0 Å². The molecule has 1 N–H and O–H groups in total. The Hall–Kier alpha value is -3.61. The third kappa shape index (κ3) is 2.90. The monoisotopic (exact) mass is 379 g/mol. The Morgan fingerprint density at radius 1 is 1.11 bits per heavy atom. The Labute approximate surface area is 158 Å². The number of carbonyl (C=O) groups is 1. The van der Waals surface area contributed by atoms with E-state index in [1.165, 1.54) is 47.2 Å². The number of nitrogens with zero attached hydrogens (tertiary/aromatic N) is 2. The van der Waals surface area contributed by atoms with Crippen LogP contribution < -0.4 is 10.7 Å². The van der Waals surface area contributed by atoms with Gasteiger partial charge in [0.25, 0.3) is 5.91 Å². The van der Waals surface area contributed by atoms with Crippen LogP contribution in [-0.2, 0) is 7.05 Å². The average molecular weight is 379 g/mol. The summed E-state index contributed by atoms with van der Waals surface area (Å²) in [6, 6.07) is 9.82. The molecule has 140 valence electrons. The number of amides is 1. The molecule has 2 heterocycles. The molecular weight excluding hydrogens is 364 g/mol. The number of rotatable bonds is 2. The minimum Gasteiger partial charge on any atom is -0.347 e. The number of pyridine rings is 2. The zero-order valence-corrected chi connectivity index (χ0v) is 15.1. The van der Waals surface area contributed by atoms with Crippen molar-refractivity contribution < 1.29 is 13.6 Å². The molecule has 2 aromatic carbocycles. The van der Waals surface area contributed by atoms with Crippen molar-refractivity contribution in [3.63, 3.8) is 0 Å². The Kier molecular flexibility index (Phi) is 4.15. The summed E-state index contributed by atoms with van der Waals surface area (Å²) >= 11 is 0. The van der Waals surface area contributed by atoms with Gasteiger partial charge in [-0.2, -0.15) is 0 Å². The number of aromatic nitrogens is 2. The molecule has 0 aliphatic rings. The SMILES string of the molecule is Cc1cc(NC(=O)c2cn(C)c3c(F)cccc3c2=O)c2cc(F)ccc2n1. The lowest BCUT2D eigenvalue weighted by atomic mass is 10.1. The van der Waals surface area contributed by atoms with Crippen LogP contribution in [0.15, 0.2) is 53.5 Å². The molecule has 1 amide bonds. The maximum absolute atomic E-state index is 14.1. The second-order valence-electron chi connectivity index (χ2n) is 6.55. The predicted octanol–water partition coefficient (Wildman–Crippen LogP) is 3.93. The van der Waals surface area contributed by atoms with Crippen molar-refractivity contribution in [3.8, 4) is 0 Å². The van der Waals surface area contributed by atoms with Crippen LogP contribution in [0.4, 0.5) is 14.5 Å². The zero-order chi connectivity index (χ0) is 20.0. The van der Waals surface area contributed by atoms with Crippen molar-refractivity contribution in [2.24, 2.45) is 7.05 Å². The van der Waals surface area contributed by atoms with Gasteiger partial charge in [0.15, 0.2) is 0 Å². The van der Waals surface area contributed by atoms with Crippen LogP contribution >= 0.6 is 0 Å².